The van der Waals surface area contributed by atoms with E-state index >= 15 is 0 Å². The minimum atomic E-state index is -3.53. The number of benzene rings is 1. The van der Waals surface area contributed by atoms with Gasteiger partial charge in [0.15, 0.2) is 0 Å². The van der Waals surface area contributed by atoms with E-state index in [4.69, 9.17) is 5.73 Å². The molecule has 0 aliphatic rings. The molecule has 7 heteroatoms. The van der Waals surface area contributed by atoms with E-state index in [2.05, 4.69) is 4.98 Å². The number of anilines is 1. The molecule has 3 N–H and O–H groups in total. The van der Waals surface area contributed by atoms with Crippen molar-refractivity contribution in [3.8, 4) is 0 Å². The first kappa shape index (κ1) is 16.2. The summed E-state index contributed by atoms with van der Waals surface area (Å²) in [6.45, 7) is 1.93. The van der Waals surface area contributed by atoms with Gasteiger partial charge in [-0.25, -0.2) is 8.42 Å². The summed E-state index contributed by atoms with van der Waals surface area (Å²) in [6.07, 6.45) is 4.38. The second-order valence-corrected chi connectivity index (χ2v) is 8.06. The van der Waals surface area contributed by atoms with Crippen LogP contribution in [-0.4, -0.2) is 42.8 Å². The van der Waals surface area contributed by atoms with Gasteiger partial charge in [-0.15, -0.1) is 0 Å². The van der Waals surface area contributed by atoms with Crippen molar-refractivity contribution in [1.29, 1.82) is 0 Å². The van der Waals surface area contributed by atoms with Crippen LogP contribution in [0, 0.1) is 0 Å². The van der Waals surface area contributed by atoms with Gasteiger partial charge in [0.25, 0.3) is 0 Å². The molecule has 1 aromatic heterocycles. The smallest absolute Gasteiger partial charge is 0.245 e. The number of aromatic amines is 1. The standard InChI is InChI=1S/C14H21N3O2S2/c1-10(6-7-20-3)17(2)21(18,19)14-9-16-13-5-4-11(15)8-12(13)14/h4-5,8-10,16H,6-7,15H2,1-3H3. The largest absolute Gasteiger partial charge is 0.399 e. The zero-order valence-corrected chi connectivity index (χ0v) is 14.1. The van der Waals surface area contributed by atoms with Crippen LogP contribution in [-0.2, 0) is 10.0 Å². The molecule has 116 valence electrons. The van der Waals surface area contributed by atoms with Crippen molar-refractivity contribution in [2.75, 3.05) is 24.8 Å². The fourth-order valence-electron chi connectivity index (χ4n) is 2.19. The Bertz CT molecular complexity index is 725. The van der Waals surface area contributed by atoms with E-state index in [1.54, 1.807) is 37.0 Å². The molecule has 0 aliphatic carbocycles. The van der Waals surface area contributed by atoms with Crippen LogP contribution in [0.25, 0.3) is 10.9 Å². The maximum absolute atomic E-state index is 12.8. The summed E-state index contributed by atoms with van der Waals surface area (Å²) in [5, 5.41) is 0.638. The topological polar surface area (TPSA) is 79.2 Å². The molecule has 0 spiro atoms. The van der Waals surface area contributed by atoms with Gasteiger partial charge in [0, 0.05) is 35.9 Å². The summed E-state index contributed by atoms with van der Waals surface area (Å²) in [6, 6.07) is 5.19. The van der Waals surface area contributed by atoms with Crippen molar-refractivity contribution in [2.45, 2.75) is 24.3 Å². The maximum atomic E-state index is 12.8. The lowest BCUT2D eigenvalue weighted by Crippen LogP contribution is -2.35. The van der Waals surface area contributed by atoms with Gasteiger partial charge < -0.3 is 10.7 Å². The zero-order chi connectivity index (χ0) is 15.6. The van der Waals surface area contributed by atoms with Crippen molar-refractivity contribution in [3.63, 3.8) is 0 Å². The number of nitrogens with two attached hydrogens (primary N) is 1. The number of fused-ring (bicyclic) bond motifs is 1. The van der Waals surface area contributed by atoms with E-state index in [1.165, 1.54) is 10.5 Å². The molecular formula is C14H21N3O2S2. The van der Waals surface area contributed by atoms with Gasteiger partial charge in [-0.3, -0.25) is 0 Å². The van der Waals surface area contributed by atoms with Gasteiger partial charge in [-0.1, -0.05) is 0 Å². The number of rotatable bonds is 6. The predicted octanol–water partition coefficient (Wildman–Crippen LogP) is 2.51. The van der Waals surface area contributed by atoms with Gasteiger partial charge >= 0.3 is 0 Å². The second-order valence-electron chi connectivity index (χ2n) is 5.11. The van der Waals surface area contributed by atoms with Crippen molar-refractivity contribution >= 4 is 38.4 Å². The molecule has 1 heterocycles. The molecule has 1 atom stereocenters. The van der Waals surface area contributed by atoms with Gasteiger partial charge in [0.05, 0.1) is 0 Å². The summed E-state index contributed by atoms with van der Waals surface area (Å²) in [7, 11) is -1.90. The molecule has 0 amide bonds. The Balaban J connectivity index is 2.39. The van der Waals surface area contributed by atoms with Crippen LogP contribution < -0.4 is 5.73 Å². The van der Waals surface area contributed by atoms with E-state index in [9.17, 15) is 8.42 Å². The Morgan fingerprint density at radius 1 is 1.43 bits per heavy atom. The number of hydrogen-bond donors (Lipinski definition) is 2. The Morgan fingerprint density at radius 2 is 2.14 bits per heavy atom. The van der Waals surface area contributed by atoms with E-state index in [-0.39, 0.29) is 10.9 Å². The molecule has 0 radical (unpaired) electrons. The molecule has 0 bridgehead atoms. The lowest BCUT2D eigenvalue weighted by Gasteiger charge is -2.23. The highest BCUT2D eigenvalue weighted by Gasteiger charge is 2.27. The van der Waals surface area contributed by atoms with E-state index < -0.39 is 10.0 Å². The van der Waals surface area contributed by atoms with Gasteiger partial charge in [0.1, 0.15) is 4.90 Å². The van der Waals surface area contributed by atoms with Crippen LogP contribution in [0.4, 0.5) is 5.69 Å². The van der Waals surface area contributed by atoms with Crippen molar-refractivity contribution < 1.29 is 8.42 Å². The monoisotopic (exact) mass is 327 g/mol. The summed E-state index contributed by atoms with van der Waals surface area (Å²) in [4.78, 5) is 3.27. The third kappa shape index (κ3) is 3.20. The molecule has 2 aromatic rings. The van der Waals surface area contributed by atoms with Crippen LogP contribution in [0.3, 0.4) is 0 Å². The van der Waals surface area contributed by atoms with E-state index in [0.717, 1.165) is 17.7 Å². The zero-order valence-electron chi connectivity index (χ0n) is 12.5. The first-order valence-corrected chi connectivity index (χ1v) is 9.55. The van der Waals surface area contributed by atoms with Crippen LogP contribution >= 0.6 is 11.8 Å². The molecule has 0 saturated heterocycles. The Kier molecular flexibility index (Phi) is 4.85. The molecular weight excluding hydrogens is 306 g/mol. The Labute approximate surface area is 129 Å². The average Bonchev–Trinajstić information content (AvgIpc) is 2.87. The van der Waals surface area contributed by atoms with E-state index in [1.807, 2.05) is 13.2 Å². The first-order valence-electron chi connectivity index (χ1n) is 6.71. The van der Waals surface area contributed by atoms with Crippen LogP contribution in [0.1, 0.15) is 13.3 Å². The summed E-state index contributed by atoms with van der Waals surface area (Å²) >= 11 is 1.72. The normalized spacial score (nSPS) is 13.9. The highest BCUT2D eigenvalue weighted by molar-refractivity contribution is 7.98. The number of thioether (sulfide) groups is 1. The lowest BCUT2D eigenvalue weighted by atomic mass is 10.2. The summed E-state index contributed by atoms with van der Waals surface area (Å²) in [5.74, 6) is 0.932. The minimum absolute atomic E-state index is 0.0477. The van der Waals surface area contributed by atoms with E-state index in [0.29, 0.717) is 11.1 Å². The van der Waals surface area contributed by atoms with Gasteiger partial charge in [-0.2, -0.15) is 16.1 Å². The van der Waals surface area contributed by atoms with Crippen LogP contribution in [0.2, 0.25) is 0 Å². The van der Waals surface area contributed by atoms with Crippen LogP contribution in [0.15, 0.2) is 29.3 Å². The SMILES string of the molecule is CSCCC(C)N(C)S(=O)(=O)c1c[nH]c2ccc(N)cc12. The fraction of sp³-hybridized carbons (Fsp3) is 0.429. The molecule has 5 nitrogen and oxygen atoms in total. The Morgan fingerprint density at radius 3 is 2.81 bits per heavy atom. The highest BCUT2D eigenvalue weighted by atomic mass is 32.2. The van der Waals surface area contributed by atoms with Gasteiger partial charge in [0.2, 0.25) is 10.0 Å². The number of sulfonamides is 1. The molecule has 0 aliphatic heterocycles. The van der Waals surface area contributed by atoms with Crippen molar-refractivity contribution in [3.05, 3.63) is 24.4 Å². The number of H-pyrrole nitrogens is 1. The lowest BCUT2D eigenvalue weighted by molar-refractivity contribution is 0.383. The second kappa shape index (κ2) is 6.29. The molecule has 2 rings (SSSR count). The van der Waals surface area contributed by atoms with Crippen molar-refractivity contribution in [1.82, 2.24) is 9.29 Å². The predicted molar refractivity (Wildman–Crippen MR) is 90.1 cm³/mol. The minimum Gasteiger partial charge on any atom is -0.399 e. The number of hydrogen-bond acceptors (Lipinski definition) is 4. The highest BCUT2D eigenvalue weighted by Crippen LogP contribution is 2.28. The number of aromatic nitrogens is 1. The summed E-state index contributed by atoms with van der Waals surface area (Å²) in [5.41, 5.74) is 7.10. The third-order valence-corrected chi connectivity index (χ3v) is 6.34. The van der Waals surface area contributed by atoms with Gasteiger partial charge in [-0.05, 0) is 43.6 Å². The number of nitrogens with zero attached hydrogens (tertiary/aromatic N) is 1. The van der Waals surface area contributed by atoms with Crippen LogP contribution in [0.5, 0.6) is 0 Å². The number of nitrogen functional groups attached to an aromatic ring is 1. The third-order valence-electron chi connectivity index (χ3n) is 3.69. The quantitative estimate of drug-likeness (QED) is 0.799. The molecule has 1 unspecified atom stereocenters. The Hall–Kier alpha value is -1.18. The average molecular weight is 327 g/mol. The van der Waals surface area contributed by atoms with Crippen molar-refractivity contribution in [2.24, 2.45) is 0 Å². The molecule has 21 heavy (non-hydrogen) atoms. The maximum Gasteiger partial charge on any atom is 0.245 e. The first-order chi connectivity index (χ1) is 9.87. The molecule has 0 saturated carbocycles. The summed E-state index contributed by atoms with van der Waals surface area (Å²) < 4.78 is 27.0. The molecule has 0 fully saturated rings. The number of nitrogens with one attached hydrogen (secondary N) is 1. The molecule has 1 aromatic carbocycles. The fourth-order valence-corrected chi connectivity index (χ4v) is 4.31.